The highest BCUT2D eigenvalue weighted by atomic mass is 32.2. The van der Waals surface area contributed by atoms with Crippen LogP contribution >= 0.6 is 0 Å². The van der Waals surface area contributed by atoms with Gasteiger partial charge in [-0.1, -0.05) is 0 Å². The molecule has 7 heteroatoms. The minimum atomic E-state index is -3.45. The summed E-state index contributed by atoms with van der Waals surface area (Å²) in [5, 5.41) is 11.0. The zero-order valence-electron chi connectivity index (χ0n) is 8.40. The van der Waals surface area contributed by atoms with E-state index in [9.17, 15) is 17.6 Å². The first kappa shape index (κ1) is 12.4. The number of hydrogen-bond acceptors (Lipinski definition) is 4. The van der Waals surface area contributed by atoms with Crippen LogP contribution in [0.1, 0.15) is 0 Å². The number of hydrogen-bond donors (Lipinski definition) is 2. The van der Waals surface area contributed by atoms with Gasteiger partial charge < -0.3 is 10.4 Å². The molecule has 5 nitrogen and oxygen atoms in total. The van der Waals surface area contributed by atoms with Crippen LogP contribution in [0.25, 0.3) is 0 Å². The molecule has 0 aliphatic rings. The van der Waals surface area contributed by atoms with E-state index in [0.29, 0.717) is 0 Å². The number of phenolic OH excluding ortho intramolecular Hbond substituents is 1. The number of benzene rings is 1. The molecule has 16 heavy (non-hydrogen) atoms. The standard InChI is InChI=1S/C9H10FNO4S/c1-16(14,15)5-9(13)11-8-3-2-6(12)4-7(8)10/h2-4,12H,5H2,1H3,(H,11,13). The third kappa shape index (κ3) is 3.85. The zero-order chi connectivity index (χ0) is 12.3. The Labute approximate surface area is 91.8 Å². The van der Waals surface area contributed by atoms with Gasteiger partial charge >= 0.3 is 0 Å². The van der Waals surface area contributed by atoms with Crippen molar-refractivity contribution in [2.75, 3.05) is 17.3 Å². The summed E-state index contributed by atoms with van der Waals surface area (Å²) in [7, 11) is -3.45. The van der Waals surface area contributed by atoms with E-state index in [4.69, 9.17) is 5.11 Å². The van der Waals surface area contributed by atoms with Gasteiger partial charge in [0, 0.05) is 12.3 Å². The Kier molecular flexibility index (Phi) is 3.48. The second-order valence-corrected chi connectivity index (χ2v) is 5.42. The van der Waals surface area contributed by atoms with Gasteiger partial charge in [-0.15, -0.1) is 0 Å². The number of carbonyl (C=O) groups excluding carboxylic acids is 1. The third-order valence-electron chi connectivity index (χ3n) is 1.62. The fourth-order valence-electron chi connectivity index (χ4n) is 1.03. The number of aromatic hydroxyl groups is 1. The second kappa shape index (κ2) is 4.48. The molecule has 2 N–H and O–H groups in total. The first-order chi connectivity index (χ1) is 7.28. The lowest BCUT2D eigenvalue weighted by Crippen LogP contribution is -2.22. The van der Waals surface area contributed by atoms with E-state index in [-0.39, 0.29) is 11.4 Å². The van der Waals surface area contributed by atoms with E-state index in [1.54, 1.807) is 0 Å². The SMILES string of the molecule is CS(=O)(=O)CC(=O)Nc1ccc(O)cc1F. The molecule has 0 aromatic heterocycles. The summed E-state index contributed by atoms with van der Waals surface area (Å²) >= 11 is 0. The molecule has 0 radical (unpaired) electrons. The molecule has 1 rings (SSSR count). The number of anilines is 1. The van der Waals surface area contributed by atoms with Crippen LogP contribution in [0.3, 0.4) is 0 Å². The minimum absolute atomic E-state index is 0.175. The lowest BCUT2D eigenvalue weighted by atomic mass is 10.3. The van der Waals surface area contributed by atoms with E-state index >= 15 is 0 Å². The highest BCUT2D eigenvalue weighted by Crippen LogP contribution is 2.19. The zero-order valence-corrected chi connectivity index (χ0v) is 9.21. The molecule has 0 saturated carbocycles. The van der Waals surface area contributed by atoms with Crippen molar-refractivity contribution in [1.82, 2.24) is 0 Å². The Balaban J connectivity index is 2.78. The Bertz CT molecular complexity index is 512. The second-order valence-electron chi connectivity index (χ2n) is 3.28. The third-order valence-corrected chi connectivity index (χ3v) is 2.41. The Morgan fingerprint density at radius 2 is 2.12 bits per heavy atom. The number of nitrogens with one attached hydrogen (secondary N) is 1. The summed E-state index contributed by atoms with van der Waals surface area (Å²) in [5.41, 5.74) is -0.175. The highest BCUT2D eigenvalue weighted by molar-refractivity contribution is 7.91. The average Bonchev–Trinajstić information content (AvgIpc) is 2.06. The van der Waals surface area contributed by atoms with Gasteiger partial charge in [-0.25, -0.2) is 12.8 Å². The van der Waals surface area contributed by atoms with Gasteiger partial charge in [-0.05, 0) is 12.1 Å². The first-order valence-corrected chi connectivity index (χ1v) is 6.30. The summed E-state index contributed by atoms with van der Waals surface area (Å²) in [4.78, 5) is 11.1. The van der Waals surface area contributed by atoms with Crippen molar-refractivity contribution < 1.29 is 22.7 Å². The molecule has 0 atom stereocenters. The van der Waals surface area contributed by atoms with Crippen LogP contribution in [-0.2, 0) is 14.6 Å². The van der Waals surface area contributed by atoms with E-state index in [2.05, 4.69) is 5.32 Å². The number of carbonyl (C=O) groups is 1. The summed E-state index contributed by atoms with van der Waals surface area (Å²) < 4.78 is 34.7. The molecule has 0 aliphatic carbocycles. The molecule has 88 valence electrons. The van der Waals surface area contributed by atoms with Crippen LogP contribution in [0.4, 0.5) is 10.1 Å². The number of halogens is 1. The van der Waals surface area contributed by atoms with Gasteiger partial charge in [0.05, 0.1) is 5.69 Å². The maximum Gasteiger partial charge on any atom is 0.239 e. The molecule has 0 heterocycles. The highest BCUT2D eigenvalue weighted by Gasteiger charge is 2.13. The lowest BCUT2D eigenvalue weighted by Gasteiger charge is -2.05. The molecule has 1 aromatic rings. The van der Waals surface area contributed by atoms with Crippen molar-refractivity contribution in [2.24, 2.45) is 0 Å². The number of amides is 1. The Hall–Kier alpha value is -1.63. The van der Waals surface area contributed by atoms with Crippen molar-refractivity contribution in [2.45, 2.75) is 0 Å². The first-order valence-electron chi connectivity index (χ1n) is 4.24. The van der Waals surface area contributed by atoms with E-state index in [1.807, 2.05) is 0 Å². The molecule has 0 saturated heterocycles. The fourth-order valence-corrected chi connectivity index (χ4v) is 1.58. The van der Waals surface area contributed by atoms with Crippen LogP contribution in [0.5, 0.6) is 5.75 Å². The van der Waals surface area contributed by atoms with Crippen molar-refractivity contribution in [3.8, 4) is 5.75 Å². The van der Waals surface area contributed by atoms with E-state index < -0.39 is 27.3 Å². The van der Waals surface area contributed by atoms with Gasteiger partial charge in [0.2, 0.25) is 5.91 Å². The molecule has 0 aliphatic heterocycles. The molecular weight excluding hydrogens is 237 g/mol. The van der Waals surface area contributed by atoms with Crippen molar-refractivity contribution in [1.29, 1.82) is 0 Å². The molecule has 0 fully saturated rings. The Morgan fingerprint density at radius 3 is 2.62 bits per heavy atom. The predicted octanol–water partition coefficient (Wildman–Crippen LogP) is 0.514. The van der Waals surface area contributed by atoms with Gasteiger partial charge in [-0.2, -0.15) is 0 Å². The molecule has 0 unspecified atom stereocenters. The summed E-state index contributed by atoms with van der Waals surface area (Å²) in [6, 6.07) is 3.14. The summed E-state index contributed by atoms with van der Waals surface area (Å²) in [6.07, 6.45) is 0.903. The average molecular weight is 247 g/mol. The maximum absolute atomic E-state index is 13.1. The fraction of sp³-hybridized carbons (Fsp3) is 0.222. The molecule has 1 amide bonds. The van der Waals surface area contributed by atoms with Crippen LogP contribution in [0.2, 0.25) is 0 Å². The predicted molar refractivity (Wildman–Crippen MR) is 56.4 cm³/mol. The minimum Gasteiger partial charge on any atom is -0.508 e. The molecular formula is C9H10FNO4S. The van der Waals surface area contributed by atoms with Crippen LogP contribution in [-0.4, -0.2) is 31.4 Å². The normalized spacial score (nSPS) is 11.1. The van der Waals surface area contributed by atoms with Gasteiger partial charge in [-0.3, -0.25) is 4.79 Å². The quantitative estimate of drug-likeness (QED) is 0.762. The molecule has 0 bridgehead atoms. The summed E-state index contributed by atoms with van der Waals surface area (Å²) in [5.74, 6) is -2.65. The maximum atomic E-state index is 13.1. The van der Waals surface area contributed by atoms with Gasteiger partial charge in [0.1, 0.15) is 17.3 Å². The van der Waals surface area contributed by atoms with Crippen LogP contribution in [0, 0.1) is 5.82 Å². The Morgan fingerprint density at radius 1 is 1.50 bits per heavy atom. The van der Waals surface area contributed by atoms with Gasteiger partial charge in [0.15, 0.2) is 9.84 Å². The summed E-state index contributed by atoms with van der Waals surface area (Å²) in [6.45, 7) is 0. The van der Waals surface area contributed by atoms with Crippen molar-refractivity contribution >= 4 is 21.4 Å². The van der Waals surface area contributed by atoms with Crippen molar-refractivity contribution in [3.63, 3.8) is 0 Å². The van der Waals surface area contributed by atoms with Crippen molar-refractivity contribution in [3.05, 3.63) is 24.0 Å². The molecule has 1 aromatic carbocycles. The lowest BCUT2D eigenvalue weighted by molar-refractivity contribution is -0.113. The van der Waals surface area contributed by atoms with E-state index in [0.717, 1.165) is 18.4 Å². The van der Waals surface area contributed by atoms with E-state index in [1.165, 1.54) is 6.07 Å². The van der Waals surface area contributed by atoms with Crippen LogP contribution < -0.4 is 5.32 Å². The largest absolute Gasteiger partial charge is 0.508 e. The van der Waals surface area contributed by atoms with Crippen LogP contribution in [0.15, 0.2) is 18.2 Å². The molecule has 0 spiro atoms. The number of rotatable bonds is 3. The smallest absolute Gasteiger partial charge is 0.239 e. The van der Waals surface area contributed by atoms with Gasteiger partial charge in [0.25, 0.3) is 0 Å². The monoisotopic (exact) mass is 247 g/mol. The number of sulfone groups is 1. The topological polar surface area (TPSA) is 83.5 Å². The number of phenols is 1.